The number of carboxylic acid groups (broad SMARTS) is 1. The number of unbranched alkanes of at least 4 members (excludes halogenated alkanes) is 1. The number of hydrogen-bond acceptors (Lipinski definition) is 1. The van der Waals surface area contributed by atoms with Crippen LogP contribution < -0.4 is 4.90 Å². The number of nitrogens with zero attached hydrogens (tertiary/aromatic N) is 1. The molecule has 0 fully saturated rings. The van der Waals surface area contributed by atoms with Crippen LogP contribution >= 0.6 is 0 Å². The molecule has 1 amide bonds. The first-order valence-corrected chi connectivity index (χ1v) is 6.20. The highest BCUT2D eigenvalue weighted by molar-refractivity contribution is 5.85. The summed E-state index contributed by atoms with van der Waals surface area (Å²) in [4.78, 5) is 12.7. The third-order valence-electron chi connectivity index (χ3n) is 2.84. The number of carbonyl (C=O) groups is 1. The summed E-state index contributed by atoms with van der Waals surface area (Å²) in [5.41, 5.74) is 0.753. The molecule has 17 heavy (non-hydrogen) atoms. The van der Waals surface area contributed by atoms with Crippen LogP contribution in [-0.2, 0) is 0 Å². The van der Waals surface area contributed by atoms with Gasteiger partial charge in [0.1, 0.15) is 0 Å². The monoisotopic (exact) mass is 235 g/mol. The van der Waals surface area contributed by atoms with Gasteiger partial charge in [-0.15, -0.1) is 0 Å². The fourth-order valence-corrected chi connectivity index (χ4v) is 1.86. The summed E-state index contributed by atoms with van der Waals surface area (Å²) in [5.74, 6) is 0.395. The minimum atomic E-state index is -0.875. The van der Waals surface area contributed by atoms with E-state index in [2.05, 4.69) is 13.8 Å². The molecule has 0 saturated heterocycles. The molecule has 0 aliphatic heterocycles. The van der Waals surface area contributed by atoms with Crippen LogP contribution in [-0.4, -0.2) is 17.7 Å². The number of para-hydroxylation sites is 1. The SMILES string of the molecule is CCCCC(C)CN(C(=O)O)c1ccccc1. The van der Waals surface area contributed by atoms with E-state index in [9.17, 15) is 9.90 Å². The summed E-state index contributed by atoms with van der Waals surface area (Å²) in [7, 11) is 0. The molecule has 3 nitrogen and oxygen atoms in total. The average molecular weight is 235 g/mol. The first kappa shape index (κ1) is 13.6. The Hall–Kier alpha value is -1.51. The number of hydrogen-bond donors (Lipinski definition) is 1. The Morgan fingerprint density at radius 1 is 1.35 bits per heavy atom. The third kappa shape index (κ3) is 4.47. The average Bonchev–Trinajstić information content (AvgIpc) is 2.34. The number of benzene rings is 1. The van der Waals surface area contributed by atoms with E-state index in [0.717, 1.165) is 24.9 Å². The molecule has 0 radical (unpaired) electrons. The van der Waals surface area contributed by atoms with Crippen LogP contribution in [0.2, 0.25) is 0 Å². The van der Waals surface area contributed by atoms with Crippen molar-refractivity contribution in [3.63, 3.8) is 0 Å². The molecule has 1 unspecified atom stereocenters. The molecule has 1 N–H and O–H groups in total. The molecule has 0 spiro atoms. The van der Waals surface area contributed by atoms with E-state index in [4.69, 9.17) is 0 Å². The summed E-state index contributed by atoms with van der Waals surface area (Å²) >= 11 is 0. The van der Waals surface area contributed by atoms with Gasteiger partial charge < -0.3 is 5.11 Å². The minimum Gasteiger partial charge on any atom is -0.465 e. The maximum absolute atomic E-state index is 11.2. The van der Waals surface area contributed by atoms with Gasteiger partial charge >= 0.3 is 6.09 Å². The van der Waals surface area contributed by atoms with Gasteiger partial charge in [0.05, 0.1) is 0 Å². The fourth-order valence-electron chi connectivity index (χ4n) is 1.86. The molecule has 94 valence electrons. The lowest BCUT2D eigenvalue weighted by Crippen LogP contribution is -2.33. The van der Waals surface area contributed by atoms with Gasteiger partial charge in [-0.25, -0.2) is 4.79 Å². The number of rotatable bonds is 6. The molecular formula is C14H21NO2. The van der Waals surface area contributed by atoms with E-state index >= 15 is 0 Å². The van der Waals surface area contributed by atoms with E-state index < -0.39 is 6.09 Å². The van der Waals surface area contributed by atoms with E-state index in [-0.39, 0.29) is 0 Å². The van der Waals surface area contributed by atoms with Gasteiger partial charge in [0.25, 0.3) is 0 Å². The first-order chi connectivity index (χ1) is 8.15. The number of amides is 1. The molecule has 0 heterocycles. The predicted molar refractivity (Wildman–Crippen MR) is 70.5 cm³/mol. The van der Waals surface area contributed by atoms with Crippen molar-refractivity contribution < 1.29 is 9.90 Å². The fraction of sp³-hybridized carbons (Fsp3) is 0.500. The third-order valence-corrected chi connectivity index (χ3v) is 2.84. The molecule has 0 bridgehead atoms. The maximum Gasteiger partial charge on any atom is 0.411 e. The smallest absolute Gasteiger partial charge is 0.411 e. The molecule has 1 rings (SSSR count). The Morgan fingerprint density at radius 3 is 2.53 bits per heavy atom. The van der Waals surface area contributed by atoms with E-state index in [1.807, 2.05) is 30.3 Å². The number of anilines is 1. The molecule has 1 aromatic rings. The molecule has 0 saturated carbocycles. The largest absolute Gasteiger partial charge is 0.465 e. The quantitative estimate of drug-likeness (QED) is 0.809. The van der Waals surface area contributed by atoms with Crippen molar-refractivity contribution in [2.75, 3.05) is 11.4 Å². The summed E-state index contributed by atoms with van der Waals surface area (Å²) in [5, 5.41) is 9.23. The summed E-state index contributed by atoms with van der Waals surface area (Å²) in [6.07, 6.45) is 2.51. The first-order valence-electron chi connectivity index (χ1n) is 6.20. The highest BCUT2D eigenvalue weighted by atomic mass is 16.4. The van der Waals surface area contributed by atoms with Gasteiger partial charge in [0.2, 0.25) is 0 Å². The molecule has 0 aromatic heterocycles. The van der Waals surface area contributed by atoms with Crippen LogP contribution in [0.25, 0.3) is 0 Å². The molecule has 1 atom stereocenters. The van der Waals surface area contributed by atoms with Crippen LogP contribution in [0.4, 0.5) is 10.5 Å². The lowest BCUT2D eigenvalue weighted by molar-refractivity contribution is 0.200. The van der Waals surface area contributed by atoms with Gasteiger partial charge in [0, 0.05) is 12.2 Å². The zero-order valence-electron chi connectivity index (χ0n) is 10.6. The van der Waals surface area contributed by atoms with Crippen LogP contribution in [0.5, 0.6) is 0 Å². The van der Waals surface area contributed by atoms with Crippen molar-refractivity contribution in [2.24, 2.45) is 5.92 Å². The van der Waals surface area contributed by atoms with E-state index in [1.54, 1.807) is 0 Å². The summed E-state index contributed by atoms with van der Waals surface area (Å²) < 4.78 is 0. The standard InChI is InChI=1S/C14H21NO2/c1-3-4-8-12(2)11-15(14(16)17)13-9-6-5-7-10-13/h5-7,9-10,12H,3-4,8,11H2,1-2H3,(H,16,17). The van der Waals surface area contributed by atoms with Crippen molar-refractivity contribution in [2.45, 2.75) is 33.1 Å². The Morgan fingerprint density at radius 2 is 2.00 bits per heavy atom. The molecule has 0 aliphatic rings. The van der Waals surface area contributed by atoms with Crippen LogP contribution in [0, 0.1) is 5.92 Å². The maximum atomic E-state index is 11.2. The molecule has 0 aliphatic carbocycles. The lowest BCUT2D eigenvalue weighted by atomic mass is 10.0. The second-order valence-electron chi connectivity index (χ2n) is 4.48. The minimum absolute atomic E-state index is 0.395. The van der Waals surface area contributed by atoms with Gasteiger partial charge in [-0.2, -0.15) is 0 Å². The van der Waals surface area contributed by atoms with E-state index in [1.165, 1.54) is 4.90 Å². The Kier molecular flexibility index (Phi) is 5.53. The van der Waals surface area contributed by atoms with Gasteiger partial charge in [-0.3, -0.25) is 4.90 Å². The normalized spacial score (nSPS) is 12.1. The van der Waals surface area contributed by atoms with Crippen molar-refractivity contribution in [1.82, 2.24) is 0 Å². The van der Waals surface area contributed by atoms with Crippen LogP contribution in [0.15, 0.2) is 30.3 Å². The van der Waals surface area contributed by atoms with Crippen molar-refractivity contribution in [3.05, 3.63) is 30.3 Å². The highest BCUT2D eigenvalue weighted by Gasteiger charge is 2.16. The lowest BCUT2D eigenvalue weighted by Gasteiger charge is -2.23. The molecular weight excluding hydrogens is 214 g/mol. The second-order valence-corrected chi connectivity index (χ2v) is 4.48. The van der Waals surface area contributed by atoms with E-state index in [0.29, 0.717) is 12.5 Å². The van der Waals surface area contributed by atoms with Crippen molar-refractivity contribution >= 4 is 11.8 Å². The zero-order valence-corrected chi connectivity index (χ0v) is 10.6. The highest BCUT2D eigenvalue weighted by Crippen LogP contribution is 2.17. The Balaban J connectivity index is 2.65. The van der Waals surface area contributed by atoms with Crippen molar-refractivity contribution in [3.8, 4) is 0 Å². The summed E-state index contributed by atoms with van der Waals surface area (Å²) in [6.45, 7) is 4.83. The molecule has 1 aromatic carbocycles. The Labute approximate surface area is 103 Å². The van der Waals surface area contributed by atoms with Crippen molar-refractivity contribution in [1.29, 1.82) is 0 Å². The van der Waals surface area contributed by atoms with Crippen LogP contribution in [0.1, 0.15) is 33.1 Å². The van der Waals surface area contributed by atoms with Gasteiger partial charge in [0.15, 0.2) is 0 Å². The topological polar surface area (TPSA) is 40.5 Å². The zero-order chi connectivity index (χ0) is 12.7. The van der Waals surface area contributed by atoms with Crippen LogP contribution in [0.3, 0.4) is 0 Å². The van der Waals surface area contributed by atoms with Gasteiger partial charge in [-0.05, 0) is 24.5 Å². The molecule has 3 heteroatoms. The van der Waals surface area contributed by atoms with Gasteiger partial charge in [-0.1, -0.05) is 44.9 Å². The summed E-state index contributed by atoms with van der Waals surface area (Å²) in [6, 6.07) is 9.29. The second kappa shape index (κ2) is 6.94. The predicted octanol–water partition coefficient (Wildman–Crippen LogP) is 4.00. The Bertz CT molecular complexity index is 337.